The molecule has 0 aliphatic carbocycles. The van der Waals surface area contributed by atoms with E-state index in [0.717, 1.165) is 24.3 Å². The van der Waals surface area contributed by atoms with Gasteiger partial charge in [-0.15, -0.1) is 0 Å². The number of aryl methyl sites for hydroxylation is 1. The predicted molar refractivity (Wildman–Crippen MR) is 71.4 cm³/mol. The van der Waals surface area contributed by atoms with Gasteiger partial charge in [0.1, 0.15) is 0 Å². The molecule has 0 unspecified atom stereocenters. The van der Waals surface area contributed by atoms with Crippen molar-refractivity contribution in [3.8, 4) is 0 Å². The van der Waals surface area contributed by atoms with Crippen LogP contribution in [0.3, 0.4) is 0 Å². The molecule has 18 heavy (non-hydrogen) atoms. The van der Waals surface area contributed by atoms with Crippen LogP contribution in [-0.4, -0.2) is 23.3 Å². The van der Waals surface area contributed by atoms with Crippen molar-refractivity contribution >= 4 is 16.5 Å². The monoisotopic (exact) mass is 245 g/mol. The first-order chi connectivity index (χ1) is 8.66. The van der Waals surface area contributed by atoms with Crippen molar-refractivity contribution in [3.05, 3.63) is 38.4 Å². The molecule has 1 aliphatic rings. The topological polar surface area (TPSA) is 69.0 Å². The second-order valence-corrected chi connectivity index (χ2v) is 4.79. The largest absolute Gasteiger partial charge is 0.372 e. The van der Waals surface area contributed by atoms with E-state index in [0.29, 0.717) is 10.8 Å². The second kappa shape index (κ2) is 4.01. The molecule has 1 aliphatic heterocycles. The summed E-state index contributed by atoms with van der Waals surface area (Å²) in [5.41, 5.74) is 1.40. The summed E-state index contributed by atoms with van der Waals surface area (Å²) in [5, 5.41) is 5.70. The van der Waals surface area contributed by atoms with Crippen molar-refractivity contribution in [1.82, 2.24) is 10.2 Å². The molecule has 2 N–H and O–H groups in total. The third-order valence-electron chi connectivity index (χ3n) is 3.55. The Hall–Kier alpha value is -2.04. The molecule has 94 valence electrons. The smallest absolute Gasteiger partial charge is 0.270 e. The van der Waals surface area contributed by atoms with Crippen LogP contribution in [0.15, 0.2) is 21.7 Å². The number of nitrogens with zero attached hydrogens (tertiary/aromatic N) is 1. The van der Waals surface area contributed by atoms with Gasteiger partial charge in [-0.3, -0.25) is 19.8 Å². The summed E-state index contributed by atoms with van der Waals surface area (Å²) in [5.74, 6) is 0. The Kier molecular flexibility index (Phi) is 2.47. The average Bonchev–Trinajstić information content (AvgIpc) is 2.87. The highest BCUT2D eigenvalue weighted by Crippen LogP contribution is 2.24. The number of H-pyrrole nitrogens is 2. The maximum absolute atomic E-state index is 11.8. The van der Waals surface area contributed by atoms with E-state index in [1.54, 1.807) is 0 Å². The highest BCUT2D eigenvalue weighted by Gasteiger charge is 2.15. The lowest BCUT2D eigenvalue weighted by Crippen LogP contribution is -2.22. The predicted octanol–water partition coefficient (Wildman–Crippen LogP) is 1.13. The standard InChI is InChI=1S/C13H15N3O2/c1-8-6-9(16-4-2-3-5-16)7-10-11(8)13(18)15-14-12(10)17/h6-7H,2-5H2,1H3,(H,14,17)(H,15,18). The van der Waals surface area contributed by atoms with E-state index in [1.807, 2.05) is 19.1 Å². The fraction of sp³-hybridized carbons (Fsp3) is 0.385. The van der Waals surface area contributed by atoms with Gasteiger partial charge in [-0.25, -0.2) is 0 Å². The number of aromatic nitrogens is 2. The van der Waals surface area contributed by atoms with E-state index < -0.39 is 0 Å². The van der Waals surface area contributed by atoms with Crippen LogP contribution < -0.4 is 16.0 Å². The number of rotatable bonds is 1. The number of benzene rings is 1. The first-order valence-electron chi connectivity index (χ1n) is 6.17. The highest BCUT2D eigenvalue weighted by molar-refractivity contribution is 5.87. The van der Waals surface area contributed by atoms with Crippen LogP contribution in [0.1, 0.15) is 18.4 Å². The molecule has 0 atom stereocenters. The Morgan fingerprint density at radius 2 is 1.72 bits per heavy atom. The van der Waals surface area contributed by atoms with E-state index in [4.69, 9.17) is 0 Å². The number of nitrogens with one attached hydrogen (secondary N) is 2. The molecular formula is C13H15N3O2. The minimum absolute atomic E-state index is 0.241. The molecule has 5 heteroatoms. The zero-order valence-electron chi connectivity index (χ0n) is 10.2. The maximum atomic E-state index is 11.8. The lowest BCUT2D eigenvalue weighted by atomic mass is 10.1. The van der Waals surface area contributed by atoms with Crippen LogP contribution in [0.2, 0.25) is 0 Å². The zero-order chi connectivity index (χ0) is 12.7. The first kappa shape index (κ1) is 11.1. The molecule has 1 aromatic carbocycles. The number of fused-ring (bicyclic) bond motifs is 1. The van der Waals surface area contributed by atoms with Crippen LogP contribution in [0, 0.1) is 6.92 Å². The maximum Gasteiger partial charge on any atom is 0.270 e. The Morgan fingerprint density at radius 1 is 1.06 bits per heavy atom. The summed E-state index contributed by atoms with van der Waals surface area (Å²) < 4.78 is 0. The second-order valence-electron chi connectivity index (χ2n) is 4.79. The lowest BCUT2D eigenvalue weighted by Gasteiger charge is -2.18. The summed E-state index contributed by atoms with van der Waals surface area (Å²) >= 11 is 0. The third kappa shape index (κ3) is 1.63. The van der Waals surface area contributed by atoms with Gasteiger partial charge in [0.2, 0.25) is 0 Å². The molecule has 1 saturated heterocycles. The average molecular weight is 245 g/mol. The Bertz CT molecular complexity index is 708. The number of hydrogen-bond donors (Lipinski definition) is 2. The minimum Gasteiger partial charge on any atom is -0.372 e. The van der Waals surface area contributed by atoms with Gasteiger partial charge in [-0.2, -0.15) is 0 Å². The van der Waals surface area contributed by atoms with E-state index in [1.165, 1.54) is 12.8 Å². The Labute approximate surface area is 103 Å². The van der Waals surface area contributed by atoms with E-state index in [-0.39, 0.29) is 11.1 Å². The van der Waals surface area contributed by atoms with Gasteiger partial charge in [0.15, 0.2) is 0 Å². The first-order valence-corrected chi connectivity index (χ1v) is 6.17. The van der Waals surface area contributed by atoms with Gasteiger partial charge in [0.05, 0.1) is 10.8 Å². The van der Waals surface area contributed by atoms with Gasteiger partial charge < -0.3 is 4.90 Å². The van der Waals surface area contributed by atoms with Gasteiger partial charge in [-0.1, -0.05) is 0 Å². The normalized spacial score (nSPS) is 15.5. The Balaban J connectivity index is 2.29. The van der Waals surface area contributed by atoms with Crippen molar-refractivity contribution < 1.29 is 0 Å². The molecule has 0 bridgehead atoms. The van der Waals surface area contributed by atoms with Crippen molar-refractivity contribution in [1.29, 1.82) is 0 Å². The molecule has 2 heterocycles. The molecule has 3 rings (SSSR count). The molecule has 2 aromatic rings. The van der Waals surface area contributed by atoms with Gasteiger partial charge >= 0.3 is 0 Å². The van der Waals surface area contributed by atoms with Crippen LogP contribution in [-0.2, 0) is 0 Å². The van der Waals surface area contributed by atoms with E-state index in [2.05, 4.69) is 15.1 Å². The van der Waals surface area contributed by atoms with E-state index in [9.17, 15) is 9.59 Å². The fourth-order valence-electron chi connectivity index (χ4n) is 2.65. The minimum atomic E-state index is -0.242. The van der Waals surface area contributed by atoms with Gasteiger partial charge in [-0.05, 0) is 37.5 Å². The van der Waals surface area contributed by atoms with Crippen LogP contribution in [0.25, 0.3) is 10.8 Å². The SMILES string of the molecule is Cc1cc(N2CCCC2)cc2c(=O)[nH][nH]c(=O)c12. The quantitative estimate of drug-likeness (QED) is 0.791. The molecule has 1 aromatic heterocycles. The summed E-state index contributed by atoms with van der Waals surface area (Å²) in [6.07, 6.45) is 2.37. The molecule has 5 nitrogen and oxygen atoms in total. The fourth-order valence-corrected chi connectivity index (χ4v) is 2.65. The third-order valence-corrected chi connectivity index (χ3v) is 3.55. The Morgan fingerprint density at radius 3 is 2.44 bits per heavy atom. The summed E-state index contributed by atoms with van der Waals surface area (Å²) in [7, 11) is 0. The molecule has 1 fully saturated rings. The van der Waals surface area contributed by atoms with Crippen LogP contribution >= 0.6 is 0 Å². The number of hydrogen-bond acceptors (Lipinski definition) is 3. The van der Waals surface area contributed by atoms with Crippen molar-refractivity contribution in [2.24, 2.45) is 0 Å². The summed E-state index contributed by atoms with van der Waals surface area (Å²) in [4.78, 5) is 25.8. The summed E-state index contributed by atoms with van der Waals surface area (Å²) in [6, 6.07) is 3.81. The van der Waals surface area contributed by atoms with Crippen LogP contribution in [0.5, 0.6) is 0 Å². The molecule has 0 amide bonds. The number of anilines is 1. The molecule has 0 radical (unpaired) electrons. The molecule has 0 saturated carbocycles. The van der Waals surface area contributed by atoms with E-state index >= 15 is 0 Å². The zero-order valence-corrected chi connectivity index (χ0v) is 10.2. The molecule has 0 spiro atoms. The van der Waals surface area contributed by atoms with Crippen molar-refractivity contribution in [3.63, 3.8) is 0 Å². The number of aromatic amines is 2. The lowest BCUT2D eigenvalue weighted by molar-refractivity contribution is 0.949. The summed E-state index contributed by atoms with van der Waals surface area (Å²) in [6.45, 7) is 3.91. The highest BCUT2D eigenvalue weighted by atomic mass is 16.1. The van der Waals surface area contributed by atoms with Gasteiger partial charge in [0, 0.05) is 18.8 Å². The van der Waals surface area contributed by atoms with Crippen molar-refractivity contribution in [2.45, 2.75) is 19.8 Å². The molecular weight excluding hydrogens is 230 g/mol. The van der Waals surface area contributed by atoms with Gasteiger partial charge in [0.25, 0.3) is 11.1 Å². The van der Waals surface area contributed by atoms with Crippen LogP contribution in [0.4, 0.5) is 5.69 Å². The van der Waals surface area contributed by atoms with Crippen molar-refractivity contribution in [2.75, 3.05) is 18.0 Å².